The number of hydrogen-bond acceptors (Lipinski definition) is 2. The lowest BCUT2D eigenvalue weighted by molar-refractivity contribution is 0.834. The molecule has 1 N–H and O–H groups in total. The van der Waals surface area contributed by atoms with Crippen LogP contribution in [0.3, 0.4) is 0 Å². The predicted octanol–water partition coefficient (Wildman–Crippen LogP) is 2.29. The van der Waals surface area contributed by atoms with E-state index in [9.17, 15) is 0 Å². The molecule has 0 bridgehead atoms. The highest BCUT2D eigenvalue weighted by Gasteiger charge is 1.87. The number of unbranched alkanes of at least 4 members (excludes halogenated alkanes) is 1. The van der Waals surface area contributed by atoms with E-state index in [1.54, 1.807) is 6.20 Å². The van der Waals surface area contributed by atoms with Gasteiger partial charge in [0.1, 0.15) is 0 Å². The molecule has 0 radical (unpaired) electrons. The van der Waals surface area contributed by atoms with Gasteiger partial charge in [-0.25, -0.2) is 0 Å². The monoisotopic (exact) mass is 150 g/mol. The Kier molecular flexibility index (Phi) is 3.45. The third-order valence-corrected chi connectivity index (χ3v) is 1.52. The van der Waals surface area contributed by atoms with Crippen molar-refractivity contribution < 1.29 is 0 Å². The third kappa shape index (κ3) is 3.03. The molecule has 0 atom stereocenters. The molecule has 0 aromatic carbocycles. The van der Waals surface area contributed by atoms with Crippen molar-refractivity contribution in [2.24, 2.45) is 0 Å². The molecule has 1 aromatic heterocycles. The maximum atomic E-state index is 4.00. The summed E-state index contributed by atoms with van der Waals surface area (Å²) in [7, 11) is 0. The molecule has 1 heterocycles. The van der Waals surface area contributed by atoms with Gasteiger partial charge in [-0.3, -0.25) is 4.98 Å². The standard InChI is InChI=1S/C9H14N2/c1-2-3-7-11-9-5-4-6-10-8-9/h4-6,8,11H,2-3,7H2,1H3. The Morgan fingerprint density at radius 3 is 3.09 bits per heavy atom. The first-order valence-corrected chi connectivity index (χ1v) is 4.07. The molecule has 0 aliphatic rings. The second kappa shape index (κ2) is 4.72. The van der Waals surface area contributed by atoms with Crippen molar-refractivity contribution in [1.82, 2.24) is 4.98 Å². The van der Waals surface area contributed by atoms with Gasteiger partial charge < -0.3 is 5.32 Å². The zero-order valence-electron chi connectivity index (χ0n) is 6.88. The normalized spacial score (nSPS) is 9.55. The van der Waals surface area contributed by atoms with Gasteiger partial charge in [0.05, 0.1) is 5.69 Å². The lowest BCUT2D eigenvalue weighted by Crippen LogP contribution is -2.00. The summed E-state index contributed by atoms with van der Waals surface area (Å²) in [6.45, 7) is 3.23. The van der Waals surface area contributed by atoms with Gasteiger partial charge in [0, 0.05) is 18.9 Å². The SMILES string of the molecule is CCCCNc1cccnc1. The lowest BCUT2D eigenvalue weighted by atomic mass is 10.3. The van der Waals surface area contributed by atoms with E-state index in [4.69, 9.17) is 0 Å². The van der Waals surface area contributed by atoms with E-state index in [0.29, 0.717) is 0 Å². The van der Waals surface area contributed by atoms with E-state index in [0.717, 1.165) is 12.2 Å². The highest BCUT2D eigenvalue weighted by molar-refractivity contribution is 5.39. The minimum Gasteiger partial charge on any atom is -0.384 e. The molecule has 0 spiro atoms. The quantitative estimate of drug-likeness (QED) is 0.666. The molecular formula is C9H14N2. The molecule has 0 saturated heterocycles. The topological polar surface area (TPSA) is 24.9 Å². The lowest BCUT2D eigenvalue weighted by Gasteiger charge is -2.02. The fourth-order valence-corrected chi connectivity index (χ4v) is 0.877. The van der Waals surface area contributed by atoms with Crippen molar-refractivity contribution in [3.05, 3.63) is 24.5 Å². The van der Waals surface area contributed by atoms with Crippen molar-refractivity contribution in [3.8, 4) is 0 Å². The van der Waals surface area contributed by atoms with Crippen LogP contribution in [0.2, 0.25) is 0 Å². The Morgan fingerprint density at radius 1 is 1.55 bits per heavy atom. The van der Waals surface area contributed by atoms with Crippen molar-refractivity contribution >= 4 is 5.69 Å². The van der Waals surface area contributed by atoms with Gasteiger partial charge in [-0.05, 0) is 18.6 Å². The molecule has 60 valence electrons. The highest BCUT2D eigenvalue weighted by atomic mass is 14.9. The number of nitrogens with one attached hydrogen (secondary N) is 1. The van der Waals surface area contributed by atoms with Crippen LogP contribution in [0.25, 0.3) is 0 Å². The molecule has 1 rings (SSSR count). The molecule has 0 fully saturated rings. The summed E-state index contributed by atoms with van der Waals surface area (Å²) in [6, 6.07) is 3.97. The average Bonchev–Trinajstić information content (AvgIpc) is 2.07. The van der Waals surface area contributed by atoms with E-state index in [2.05, 4.69) is 17.2 Å². The number of anilines is 1. The second-order valence-electron chi connectivity index (χ2n) is 2.52. The molecule has 2 nitrogen and oxygen atoms in total. The van der Waals surface area contributed by atoms with E-state index >= 15 is 0 Å². The minimum atomic E-state index is 1.04. The Bertz CT molecular complexity index is 184. The molecule has 0 amide bonds. The third-order valence-electron chi connectivity index (χ3n) is 1.52. The smallest absolute Gasteiger partial charge is 0.0526 e. The van der Waals surface area contributed by atoms with E-state index in [-0.39, 0.29) is 0 Å². The number of hydrogen-bond donors (Lipinski definition) is 1. The second-order valence-corrected chi connectivity index (χ2v) is 2.52. The fourth-order valence-electron chi connectivity index (χ4n) is 0.877. The summed E-state index contributed by atoms with van der Waals surface area (Å²) in [5.41, 5.74) is 1.11. The molecule has 11 heavy (non-hydrogen) atoms. The van der Waals surface area contributed by atoms with Gasteiger partial charge in [-0.15, -0.1) is 0 Å². The van der Waals surface area contributed by atoms with Crippen molar-refractivity contribution in [1.29, 1.82) is 0 Å². The Labute approximate surface area is 67.7 Å². The summed E-state index contributed by atoms with van der Waals surface area (Å²) in [5, 5.41) is 3.28. The van der Waals surface area contributed by atoms with Crippen LogP contribution in [0.15, 0.2) is 24.5 Å². The Morgan fingerprint density at radius 2 is 2.45 bits per heavy atom. The van der Waals surface area contributed by atoms with Gasteiger partial charge in [0.25, 0.3) is 0 Å². The van der Waals surface area contributed by atoms with Gasteiger partial charge in [0.15, 0.2) is 0 Å². The largest absolute Gasteiger partial charge is 0.384 e. The zero-order valence-corrected chi connectivity index (χ0v) is 6.88. The number of rotatable bonds is 4. The highest BCUT2D eigenvalue weighted by Crippen LogP contribution is 2.02. The van der Waals surface area contributed by atoms with E-state index in [1.807, 2.05) is 18.3 Å². The molecule has 0 aliphatic heterocycles. The van der Waals surface area contributed by atoms with Gasteiger partial charge in [-0.2, -0.15) is 0 Å². The van der Waals surface area contributed by atoms with Crippen LogP contribution in [0.5, 0.6) is 0 Å². The first-order chi connectivity index (χ1) is 5.43. The van der Waals surface area contributed by atoms with Crippen LogP contribution in [-0.4, -0.2) is 11.5 Å². The van der Waals surface area contributed by atoms with Crippen molar-refractivity contribution in [2.75, 3.05) is 11.9 Å². The van der Waals surface area contributed by atoms with Crippen LogP contribution < -0.4 is 5.32 Å². The summed E-state index contributed by atoms with van der Waals surface area (Å²) in [5.74, 6) is 0. The molecule has 0 aliphatic carbocycles. The first-order valence-electron chi connectivity index (χ1n) is 4.07. The van der Waals surface area contributed by atoms with Gasteiger partial charge in [0.2, 0.25) is 0 Å². The van der Waals surface area contributed by atoms with E-state index in [1.165, 1.54) is 12.8 Å². The molecule has 0 unspecified atom stereocenters. The molecule has 0 saturated carbocycles. The predicted molar refractivity (Wildman–Crippen MR) is 47.6 cm³/mol. The number of nitrogens with zero attached hydrogens (tertiary/aromatic N) is 1. The van der Waals surface area contributed by atoms with Crippen LogP contribution in [0.4, 0.5) is 5.69 Å². The maximum Gasteiger partial charge on any atom is 0.0526 e. The maximum absolute atomic E-state index is 4.00. The fraction of sp³-hybridized carbons (Fsp3) is 0.444. The van der Waals surface area contributed by atoms with E-state index < -0.39 is 0 Å². The minimum absolute atomic E-state index is 1.04. The Balaban J connectivity index is 2.28. The van der Waals surface area contributed by atoms with Crippen LogP contribution >= 0.6 is 0 Å². The molecule has 2 heteroatoms. The summed E-state index contributed by atoms with van der Waals surface area (Å²) in [4.78, 5) is 4.00. The van der Waals surface area contributed by atoms with Crippen LogP contribution in [-0.2, 0) is 0 Å². The van der Waals surface area contributed by atoms with Gasteiger partial charge >= 0.3 is 0 Å². The number of pyridine rings is 1. The molecular weight excluding hydrogens is 136 g/mol. The zero-order chi connectivity index (χ0) is 7.94. The van der Waals surface area contributed by atoms with Gasteiger partial charge in [-0.1, -0.05) is 13.3 Å². The van der Waals surface area contributed by atoms with Crippen molar-refractivity contribution in [2.45, 2.75) is 19.8 Å². The van der Waals surface area contributed by atoms with Crippen LogP contribution in [0, 0.1) is 0 Å². The summed E-state index contributed by atoms with van der Waals surface area (Å²) >= 11 is 0. The number of aromatic nitrogens is 1. The average molecular weight is 150 g/mol. The summed E-state index contributed by atoms with van der Waals surface area (Å²) < 4.78 is 0. The first kappa shape index (κ1) is 8.05. The van der Waals surface area contributed by atoms with Crippen LogP contribution in [0.1, 0.15) is 19.8 Å². The Hall–Kier alpha value is -1.05. The summed E-state index contributed by atoms with van der Waals surface area (Å²) in [6.07, 6.45) is 6.07. The van der Waals surface area contributed by atoms with Crippen molar-refractivity contribution in [3.63, 3.8) is 0 Å². The molecule has 1 aromatic rings.